The van der Waals surface area contributed by atoms with Crippen molar-refractivity contribution in [1.29, 1.82) is 0 Å². The van der Waals surface area contributed by atoms with Crippen molar-refractivity contribution in [2.45, 2.75) is 25.8 Å². The zero-order valence-electron chi connectivity index (χ0n) is 14.9. The average Bonchev–Trinajstić information content (AvgIpc) is 2.63. The second kappa shape index (κ2) is 9.56. The van der Waals surface area contributed by atoms with Crippen LogP contribution >= 0.6 is 0 Å². The van der Waals surface area contributed by atoms with Crippen LogP contribution in [0.25, 0.3) is 0 Å². The van der Waals surface area contributed by atoms with Crippen molar-refractivity contribution < 1.29 is 18.7 Å². The van der Waals surface area contributed by atoms with Crippen molar-refractivity contribution in [3.8, 4) is 5.75 Å². The Bertz CT molecular complexity index is 730. The molecule has 0 aliphatic carbocycles. The summed E-state index contributed by atoms with van der Waals surface area (Å²) in [6.45, 7) is 1.69. The molecule has 1 unspecified atom stereocenters. The summed E-state index contributed by atoms with van der Waals surface area (Å²) < 4.78 is 18.3. The summed E-state index contributed by atoms with van der Waals surface area (Å²) in [5.41, 5.74) is 1.83. The topological polar surface area (TPSA) is 67.4 Å². The molecule has 0 bridgehead atoms. The molecule has 0 aliphatic heterocycles. The molecule has 26 heavy (non-hydrogen) atoms. The number of carbonyl (C=O) groups excluding carboxylic acids is 2. The third-order valence-corrected chi connectivity index (χ3v) is 3.93. The summed E-state index contributed by atoms with van der Waals surface area (Å²) in [6.07, 6.45) is 0.716. The van der Waals surface area contributed by atoms with Gasteiger partial charge in [0, 0.05) is 19.9 Å². The standard InChI is InChI=1S/C20H23FN2O3/c1-14(24)22-12-11-20(25)23-19(13-15-3-7-17(21)8-4-15)16-5-9-18(26-2)10-6-16/h3-10,19H,11-13H2,1-2H3,(H,22,24)(H,23,25). The number of carbonyl (C=O) groups is 2. The molecule has 0 fully saturated rings. The zero-order valence-corrected chi connectivity index (χ0v) is 14.9. The largest absolute Gasteiger partial charge is 0.497 e. The fourth-order valence-electron chi connectivity index (χ4n) is 2.56. The highest BCUT2D eigenvalue weighted by Crippen LogP contribution is 2.22. The van der Waals surface area contributed by atoms with Gasteiger partial charge in [-0.05, 0) is 41.8 Å². The molecule has 0 aromatic heterocycles. The van der Waals surface area contributed by atoms with Gasteiger partial charge in [0.1, 0.15) is 11.6 Å². The minimum absolute atomic E-state index is 0.165. The molecule has 2 rings (SSSR count). The van der Waals surface area contributed by atoms with E-state index in [2.05, 4.69) is 10.6 Å². The Hall–Kier alpha value is -2.89. The molecule has 5 nitrogen and oxygen atoms in total. The Morgan fingerprint density at radius 1 is 1.08 bits per heavy atom. The van der Waals surface area contributed by atoms with Crippen LogP contribution in [0.2, 0.25) is 0 Å². The van der Waals surface area contributed by atoms with E-state index in [4.69, 9.17) is 4.74 Å². The number of halogens is 1. The minimum Gasteiger partial charge on any atom is -0.497 e. The van der Waals surface area contributed by atoms with Crippen LogP contribution in [0, 0.1) is 5.82 Å². The molecule has 0 aliphatic rings. The quantitative estimate of drug-likeness (QED) is 0.762. The lowest BCUT2D eigenvalue weighted by atomic mass is 9.98. The highest BCUT2D eigenvalue weighted by molar-refractivity contribution is 5.78. The summed E-state index contributed by atoms with van der Waals surface area (Å²) in [7, 11) is 1.59. The minimum atomic E-state index is -0.297. The first-order valence-corrected chi connectivity index (χ1v) is 8.40. The Labute approximate surface area is 152 Å². The van der Waals surface area contributed by atoms with Crippen molar-refractivity contribution in [3.63, 3.8) is 0 Å². The number of hydrogen-bond donors (Lipinski definition) is 2. The van der Waals surface area contributed by atoms with Crippen LogP contribution < -0.4 is 15.4 Å². The van der Waals surface area contributed by atoms with Gasteiger partial charge in [0.2, 0.25) is 11.8 Å². The van der Waals surface area contributed by atoms with Crippen LogP contribution in [0.15, 0.2) is 48.5 Å². The predicted molar refractivity (Wildman–Crippen MR) is 97.3 cm³/mol. The lowest BCUT2D eigenvalue weighted by Gasteiger charge is -2.20. The number of nitrogens with one attached hydrogen (secondary N) is 2. The third-order valence-electron chi connectivity index (χ3n) is 3.93. The van der Waals surface area contributed by atoms with E-state index < -0.39 is 0 Å². The van der Waals surface area contributed by atoms with Gasteiger partial charge in [0.05, 0.1) is 13.2 Å². The van der Waals surface area contributed by atoms with Crippen LogP contribution in [0.5, 0.6) is 5.75 Å². The molecule has 2 amide bonds. The van der Waals surface area contributed by atoms with Crippen LogP contribution in [0.1, 0.15) is 30.5 Å². The Kier molecular flexibility index (Phi) is 7.14. The van der Waals surface area contributed by atoms with Gasteiger partial charge in [-0.1, -0.05) is 24.3 Å². The lowest BCUT2D eigenvalue weighted by molar-refractivity contribution is -0.122. The Balaban J connectivity index is 2.10. The van der Waals surface area contributed by atoms with Gasteiger partial charge in [-0.3, -0.25) is 9.59 Å². The second-order valence-corrected chi connectivity index (χ2v) is 5.96. The van der Waals surface area contributed by atoms with E-state index in [0.29, 0.717) is 6.42 Å². The number of benzene rings is 2. The molecule has 0 saturated carbocycles. The van der Waals surface area contributed by atoms with Crippen LogP contribution in [0.4, 0.5) is 4.39 Å². The molecule has 0 spiro atoms. The predicted octanol–water partition coefficient (Wildman–Crippen LogP) is 2.76. The molecule has 1 atom stereocenters. The van der Waals surface area contributed by atoms with Gasteiger partial charge in [-0.25, -0.2) is 4.39 Å². The highest BCUT2D eigenvalue weighted by Gasteiger charge is 2.16. The number of methoxy groups -OCH3 is 1. The zero-order chi connectivity index (χ0) is 18.9. The van der Waals surface area contributed by atoms with E-state index in [1.54, 1.807) is 19.2 Å². The Morgan fingerprint density at radius 3 is 2.31 bits per heavy atom. The van der Waals surface area contributed by atoms with E-state index in [0.717, 1.165) is 16.9 Å². The molecule has 0 radical (unpaired) electrons. The number of ether oxygens (including phenoxy) is 1. The van der Waals surface area contributed by atoms with Crippen LogP contribution in [-0.2, 0) is 16.0 Å². The molecule has 2 aromatic carbocycles. The molecule has 138 valence electrons. The molecule has 2 N–H and O–H groups in total. The molecular weight excluding hydrogens is 335 g/mol. The van der Waals surface area contributed by atoms with Gasteiger partial charge >= 0.3 is 0 Å². The van der Waals surface area contributed by atoms with Crippen molar-refractivity contribution in [3.05, 3.63) is 65.5 Å². The summed E-state index contributed by atoms with van der Waals surface area (Å²) in [4.78, 5) is 23.1. The summed E-state index contributed by atoms with van der Waals surface area (Å²) in [6, 6.07) is 13.4. The first-order valence-electron chi connectivity index (χ1n) is 8.40. The van der Waals surface area contributed by atoms with Gasteiger partial charge in [-0.15, -0.1) is 0 Å². The number of amides is 2. The van der Waals surface area contributed by atoms with Crippen LogP contribution in [-0.4, -0.2) is 25.5 Å². The normalized spacial score (nSPS) is 11.5. The van der Waals surface area contributed by atoms with E-state index >= 15 is 0 Å². The van der Waals surface area contributed by atoms with Crippen molar-refractivity contribution in [1.82, 2.24) is 10.6 Å². The lowest BCUT2D eigenvalue weighted by Crippen LogP contribution is -2.33. The SMILES string of the molecule is COc1ccc(C(Cc2ccc(F)cc2)NC(=O)CCNC(C)=O)cc1. The van der Waals surface area contributed by atoms with Crippen LogP contribution in [0.3, 0.4) is 0 Å². The first kappa shape index (κ1) is 19.4. The van der Waals surface area contributed by atoms with Gasteiger partial charge < -0.3 is 15.4 Å². The summed E-state index contributed by atoms with van der Waals surface area (Å²) in [5, 5.41) is 5.59. The van der Waals surface area contributed by atoms with E-state index in [-0.39, 0.29) is 36.6 Å². The van der Waals surface area contributed by atoms with E-state index in [9.17, 15) is 14.0 Å². The molecule has 0 heterocycles. The average molecular weight is 358 g/mol. The van der Waals surface area contributed by atoms with Gasteiger partial charge in [0.15, 0.2) is 0 Å². The summed E-state index contributed by atoms with van der Waals surface area (Å²) >= 11 is 0. The Morgan fingerprint density at radius 2 is 1.73 bits per heavy atom. The smallest absolute Gasteiger partial charge is 0.222 e. The maximum atomic E-state index is 13.1. The number of rotatable bonds is 8. The van der Waals surface area contributed by atoms with Crippen molar-refractivity contribution in [2.75, 3.05) is 13.7 Å². The highest BCUT2D eigenvalue weighted by atomic mass is 19.1. The maximum absolute atomic E-state index is 13.1. The van der Waals surface area contributed by atoms with Gasteiger partial charge in [0.25, 0.3) is 0 Å². The van der Waals surface area contributed by atoms with Crippen molar-refractivity contribution in [2.24, 2.45) is 0 Å². The maximum Gasteiger partial charge on any atom is 0.222 e. The fourth-order valence-corrected chi connectivity index (χ4v) is 2.56. The molecule has 2 aromatic rings. The molecule has 6 heteroatoms. The van der Waals surface area contributed by atoms with E-state index in [1.165, 1.54) is 19.1 Å². The molecular formula is C20H23FN2O3. The second-order valence-electron chi connectivity index (χ2n) is 5.96. The van der Waals surface area contributed by atoms with E-state index in [1.807, 2.05) is 24.3 Å². The summed E-state index contributed by atoms with van der Waals surface area (Å²) in [5.74, 6) is 0.0952. The molecule has 0 saturated heterocycles. The number of hydrogen-bond acceptors (Lipinski definition) is 3. The monoisotopic (exact) mass is 358 g/mol. The van der Waals surface area contributed by atoms with Gasteiger partial charge in [-0.2, -0.15) is 0 Å². The first-order chi connectivity index (χ1) is 12.5. The van der Waals surface area contributed by atoms with Crippen molar-refractivity contribution >= 4 is 11.8 Å². The third kappa shape index (κ3) is 6.20. The fraction of sp³-hybridized carbons (Fsp3) is 0.300.